The second-order valence-electron chi connectivity index (χ2n) is 7.39. The fourth-order valence-corrected chi connectivity index (χ4v) is 4.17. The molecule has 1 aromatic carbocycles. The summed E-state index contributed by atoms with van der Waals surface area (Å²) in [6.07, 6.45) is 4.05. The minimum Gasteiger partial charge on any atom is -0.505 e. The van der Waals surface area contributed by atoms with Crippen LogP contribution in [0.25, 0.3) is 0 Å². The Morgan fingerprint density at radius 2 is 2.04 bits per heavy atom. The summed E-state index contributed by atoms with van der Waals surface area (Å²) >= 11 is 0. The van der Waals surface area contributed by atoms with Crippen LogP contribution in [0.2, 0.25) is 0 Å². The summed E-state index contributed by atoms with van der Waals surface area (Å²) in [5.74, 6) is -0.728. The van der Waals surface area contributed by atoms with Gasteiger partial charge in [-0.3, -0.25) is 9.59 Å². The van der Waals surface area contributed by atoms with Crippen molar-refractivity contribution in [2.24, 2.45) is 11.8 Å². The van der Waals surface area contributed by atoms with E-state index >= 15 is 0 Å². The Bertz CT molecular complexity index is 683. The number of carbonyl (C=O) groups is 2. The first-order valence-electron chi connectivity index (χ1n) is 8.93. The van der Waals surface area contributed by atoms with Gasteiger partial charge in [-0.05, 0) is 56.1 Å². The van der Waals surface area contributed by atoms with Crippen molar-refractivity contribution in [1.29, 1.82) is 0 Å². The predicted octanol–water partition coefficient (Wildman–Crippen LogP) is 2.82. The Hall–Kier alpha value is -2.11. The Kier molecular flexibility index (Phi) is 4.97. The quantitative estimate of drug-likeness (QED) is 0.879. The first-order valence-corrected chi connectivity index (χ1v) is 8.93. The van der Waals surface area contributed by atoms with Crippen LogP contribution in [0.4, 0.5) is 4.39 Å². The average molecular weight is 348 g/mol. The van der Waals surface area contributed by atoms with Crippen LogP contribution < -0.4 is 5.32 Å². The predicted molar refractivity (Wildman–Crippen MR) is 91.5 cm³/mol. The van der Waals surface area contributed by atoms with Crippen LogP contribution in [-0.2, 0) is 11.3 Å². The first kappa shape index (κ1) is 17.7. The van der Waals surface area contributed by atoms with E-state index in [2.05, 4.69) is 5.32 Å². The molecule has 0 saturated heterocycles. The molecule has 0 spiro atoms. The van der Waals surface area contributed by atoms with Crippen molar-refractivity contribution in [3.63, 3.8) is 0 Å². The molecule has 0 bridgehead atoms. The molecule has 25 heavy (non-hydrogen) atoms. The number of nitrogens with one attached hydrogen (secondary N) is 1. The molecule has 2 aliphatic rings. The monoisotopic (exact) mass is 348 g/mol. The van der Waals surface area contributed by atoms with E-state index in [0.29, 0.717) is 30.5 Å². The van der Waals surface area contributed by atoms with Gasteiger partial charge < -0.3 is 15.3 Å². The van der Waals surface area contributed by atoms with E-state index in [4.69, 9.17) is 0 Å². The Morgan fingerprint density at radius 1 is 1.36 bits per heavy atom. The zero-order valence-electron chi connectivity index (χ0n) is 14.7. The summed E-state index contributed by atoms with van der Waals surface area (Å²) < 4.78 is 14.0. The highest BCUT2D eigenvalue weighted by Crippen LogP contribution is 2.35. The smallest absolute Gasteiger partial charge is 0.257 e. The lowest BCUT2D eigenvalue weighted by atomic mass is 9.78. The molecule has 0 radical (unpaired) electrons. The lowest BCUT2D eigenvalue weighted by Crippen LogP contribution is -2.39. The molecule has 1 unspecified atom stereocenters. The van der Waals surface area contributed by atoms with Crippen LogP contribution in [0, 0.1) is 17.7 Å². The minimum atomic E-state index is -0.808. The van der Waals surface area contributed by atoms with Crippen LogP contribution in [0.15, 0.2) is 12.1 Å². The Morgan fingerprint density at radius 3 is 2.68 bits per heavy atom. The zero-order chi connectivity index (χ0) is 18.1. The largest absolute Gasteiger partial charge is 0.505 e. The fourth-order valence-electron chi connectivity index (χ4n) is 4.17. The van der Waals surface area contributed by atoms with Crippen LogP contribution >= 0.6 is 0 Å². The van der Waals surface area contributed by atoms with E-state index < -0.39 is 11.6 Å². The number of rotatable bonds is 4. The molecule has 1 fully saturated rings. The minimum absolute atomic E-state index is 0.000306. The van der Waals surface area contributed by atoms with E-state index in [1.807, 2.05) is 6.92 Å². The van der Waals surface area contributed by atoms with Gasteiger partial charge in [-0.1, -0.05) is 6.07 Å². The molecule has 1 aliphatic heterocycles. The number of benzene rings is 1. The van der Waals surface area contributed by atoms with Gasteiger partial charge in [0.1, 0.15) is 0 Å². The van der Waals surface area contributed by atoms with Crippen LogP contribution in [-0.4, -0.2) is 34.4 Å². The van der Waals surface area contributed by atoms with E-state index in [0.717, 1.165) is 25.7 Å². The van der Waals surface area contributed by atoms with E-state index in [1.165, 1.54) is 13.0 Å². The SMILES string of the molecule is CC(=O)NC(C)C1CCC(CN2Cc3ccc(O)c(F)c3C2=O)CC1. The number of carbonyl (C=O) groups excluding carboxylic acids is 2. The van der Waals surface area contributed by atoms with Gasteiger partial charge in [-0.25, -0.2) is 4.39 Å². The number of phenolic OH excluding ortho intramolecular Hbond substituents is 1. The summed E-state index contributed by atoms with van der Waals surface area (Å²) in [5, 5.41) is 12.4. The molecule has 1 atom stereocenters. The van der Waals surface area contributed by atoms with Gasteiger partial charge in [0, 0.05) is 26.1 Å². The molecular weight excluding hydrogens is 323 g/mol. The molecule has 136 valence electrons. The van der Waals surface area contributed by atoms with Gasteiger partial charge in [0.05, 0.1) is 5.56 Å². The van der Waals surface area contributed by atoms with Gasteiger partial charge in [0.25, 0.3) is 5.91 Å². The summed E-state index contributed by atoms with van der Waals surface area (Å²) in [7, 11) is 0. The standard InChI is InChI=1S/C19H25FN2O3/c1-11(21-12(2)23)14-5-3-13(4-6-14)9-22-10-15-7-8-16(24)18(20)17(15)19(22)25/h7-8,11,13-14,24H,3-6,9-10H2,1-2H3,(H,21,23). The maximum Gasteiger partial charge on any atom is 0.257 e. The first-order chi connectivity index (χ1) is 11.9. The highest BCUT2D eigenvalue weighted by atomic mass is 19.1. The number of amides is 2. The second kappa shape index (κ2) is 7.02. The van der Waals surface area contributed by atoms with Crippen molar-refractivity contribution in [1.82, 2.24) is 10.2 Å². The molecule has 1 heterocycles. The molecule has 1 aromatic rings. The number of phenols is 1. The number of nitrogens with zero attached hydrogens (tertiary/aromatic N) is 1. The summed E-state index contributed by atoms with van der Waals surface area (Å²) in [4.78, 5) is 25.3. The molecule has 2 N–H and O–H groups in total. The van der Waals surface area contributed by atoms with Crippen LogP contribution in [0.1, 0.15) is 55.5 Å². The molecule has 3 rings (SSSR count). The van der Waals surface area contributed by atoms with Crippen LogP contribution in [0.3, 0.4) is 0 Å². The molecule has 2 amide bonds. The Labute approximate surface area is 147 Å². The van der Waals surface area contributed by atoms with Crippen molar-refractivity contribution in [2.45, 2.75) is 52.1 Å². The Balaban J connectivity index is 1.56. The van der Waals surface area contributed by atoms with Gasteiger partial charge in [-0.2, -0.15) is 0 Å². The molecular formula is C19H25FN2O3. The highest BCUT2D eigenvalue weighted by Gasteiger charge is 2.34. The number of fused-ring (bicyclic) bond motifs is 1. The van der Waals surface area contributed by atoms with Crippen molar-refractivity contribution in [2.75, 3.05) is 6.54 Å². The van der Waals surface area contributed by atoms with Crippen molar-refractivity contribution in [3.05, 3.63) is 29.1 Å². The zero-order valence-corrected chi connectivity index (χ0v) is 14.7. The van der Waals surface area contributed by atoms with E-state index in [-0.39, 0.29) is 23.4 Å². The number of halogens is 1. The topological polar surface area (TPSA) is 69.6 Å². The van der Waals surface area contributed by atoms with E-state index in [1.54, 1.807) is 11.0 Å². The maximum atomic E-state index is 14.0. The average Bonchev–Trinajstić information content (AvgIpc) is 2.88. The van der Waals surface area contributed by atoms with E-state index in [9.17, 15) is 19.1 Å². The van der Waals surface area contributed by atoms with Crippen molar-refractivity contribution < 1.29 is 19.1 Å². The van der Waals surface area contributed by atoms with Crippen molar-refractivity contribution >= 4 is 11.8 Å². The van der Waals surface area contributed by atoms with Gasteiger partial charge in [-0.15, -0.1) is 0 Å². The number of hydrogen-bond acceptors (Lipinski definition) is 3. The molecule has 0 aromatic heterocycles. The van der Waals surface area contributed by atoms with Gasteiger partial charge in [0.2, 0.25) is 5.91 Å². The third-order valence-electron chi connectivity index (χ3n) is 5.58. The lowest BCUT2D eigenvalue weighted by Gasteiger charge is -2.34. The third kappa shape index (κ3) is 3.62. The maximum absolute atomic E-state index is 14.0. The summed E-state index contributed by atoms with van der Waals surface area (Å²) in [6, 6.07) is 3.10. The lowest BCUT2D eigenvalue weighted by molar-refractivity contribution is -0.120. The highest BCUT2D eigenvalue weighted by molar-refractivity contribution is 5.99. The fraction of sp³-hybridized carbons (Fsp3) is 0.579. The van der Waals surface area contributed by atoms with Gasteiger partial charge >= 0.3 is 0 Å². The van der Waals surface area contributed by atoms with Crippen molar-refractivity contribution in [3.8, 4) is 5.75 Å². The molecule has 1 aliphatic carbocycles. The number of aromatic hydroxyl groups is 1. The number of hydrogen-bond donors (Lipinski definition) is 2. The molecule has 1 saturated carbocycles. The van der Waals surface area contributed by atoms with Crippen LogP contribution in [0.5, 0.6) is 5.75 Å². The molecule has 5 nitrogen and oxygen atoms in total. The summed E-state index contributed by atoms with van der Waals surface area (Å²) in [6.45, 7) is 4.61. The normalized spacial score (nSPS) is 24.1. The third-order valence-corrected chi connectivity index (χ3v) is 5.58. The summed E-state index contributed by atoms with van der Waals surface area (Å²) in [5.41, 5.74) is 0.668. The van der Waals surface area contributed by atoms with Gasteiger partial charge in [0.15, 0.2) is 11.6 Å². The molecule has 6 heteroatoms. The second-order valence-corrected chi connectivity index (χ2v) is 7.39.